The third kappa shape index (κ3) is 4.10. The van der Waals surface area contributed by atoms with Gasteiger partial charge in [-0.2, -0.15) is 0 Å². The van der Waals surface area contributed by atoms with Gasteiger partial charge in [0.25, 0.3) is 0 Å². The topological polar surface area (TPSA) is 46.2 Å². The average Bonchev–Trinajstić information content (AvgIpc) is 3.35. The van der Waals surface area contributed by atoms with Crippen LogP contribution in [-0.2, 0) is 15.4 Å². The smallest absolute Gasteiger partial charge is 0.211 e. The highest BCUT2D eigenvalue weighted by atomic mass is 32.2. The van der Waals surface area contributed by atoms with E-state index in [4.69, 9.17) is 0 Å². The van der Waals surface area contributed by atoms with Crippen molar-refractivity contribution in [3.05, 3.63) is 76.4 Å². The Hall–Kier alpha value is -1.98. The van der Waals surface area contributed by atoms with E-state index in [-0.39, 0.29) is 11.2 Å². The molecule has 0 unspecified atom stereocenters. The van der Waals surface area contributed by atoms with E-state index in [0.717, 1.165) is 29.5 Å². The predicted molar refractivity (Wildman–Crippen MR) is 94.4 cm³/mol. The van der Waals surface area contributed by atoms with Crippen molar-refractivity contribution in [1.29, 1.82) is 0 Å². The van der Waals surface area contributed by atoms with Crippen LogP contribution in [0.25, 0.3) is 6.08 Å². The predicted octanol–water partition coefficient (Wildman–Crippen LogP) is 3.76. The molecule has 24 heavy (non-hydrogen) atoms. The van der Waals surface area contributed by atoms with Gasteiger partial charge in [-0.1, -0.05) is 42.0 Å². The highest BCUT2D eigenvalue weighted by Gasteiger charge is 2.44. The standard InChI is InChI=1S/C19H20FNO2S/c1-15-2-4-16(5-3-15)10-13-24(22,23)21-14-19(11-12-19)17-6-8-18(20)9-7-17/h2-10,13,21H,11-12,14H2,1H3. The van der Waals surface area contributed by atoms with Gasteiger partial charge in [0.1, 0.15) is 5.82 Å². The van der Waals surface area contributed by atoms with E-state index >= 15 is 0 Å². The number of benzene rings is 2. The van der Waals surface area contributed by atoms with Crippen LogP contribution in [0.15, 0.2) is 53.9 Å². The average molecular weight is 345 g/mol. The van der Waals surface area contributed by atoms with Gasteiger partial charge in [-0.25, -0.2) is 17.5 Å². The molecule has 0 spiro atoms. The number of sulfonamides is 1. The molecule has 0 radical (unpaired) electrons. The van der Waals surface area contributed by atoms with Crippen molar-refractivity contribution < 1.29 is 12.8 Å². The number of hydrogen-bond acceptors (Lipinski definition) is 2. The summed E-state index contributed by atoms with van der Waals surface area (Å²) in [5, 5.41) is 1.19. The van der Waals surface area contributed by atoms with E-state index in [0.29, 0.717) is 6.54 Å². The minimum absolute atomic E-state index is 0.196. The van der Waals surface area contributed by atoms with Crippen LogP contribution in [-0.4, -0.2) is 15.0 Å². The number of aryl methyl sites for hydroxylation is 1. The molecular weight excluding hydrogens is 325 g/mol. The molecule has 2 aromatic rings. The number of rotatable bonds is 6. The first-order valence-electron chi connectivity index (χ1n) is 7.89. The van der Waals surface area contributed by atoms with Gasteiger partial charge in [-0.05, 0) is 49.1 Å². The fourth-order valence-electron chi connectivity index (χ4n) is 2.65. The van der Waals surface area contributed by atoms with Gasteiger partial charge >= 0.3 is 0 Å². The van der Waals surface area contributed by atoms with E-state index in [1.165, 1.54) is 17.5 Å². The van der Waals surface area contributed by atoms with Crippen LogP contribution in [0.2, 0.25) is 0 Å². The van der Waals surface area contributed by atoms with Gasteiger partial charge in [0.2, 0.25) is 10.0 Å². The van der Waals surface area contributed by atoms with Gasteiger partial charge in [0.15, 0.2) is 0 Å². The maximum absolute atomic E-state index is 13.0. The normalized spacial score (nSPS) is 16.4. The second-order valence-electron chi connectivity index (χ2n) is 6.37. The molecular formula is C19H20FNO2S. The van der Waals surface area contributed by atoms with Crippen LogP contribution < -0.4 is 4.72 Å². The Kier molecular flexibility index (Phi) is 4.56. The molecule has 0 atom stereocenters. The van der Waals surface area contributed by atoms with Crippen molar-refractivity contribution in [1.82, 2.24) is 4.72 Å². The summed E-state index contributed by atoms with van der Waals surface area (Å²) in [6.45, 7) is 2.32. The van der Waals surface area contributed by atoms with Gasteiger partial charge in [0, 0.05) is 17.4 Å². The lowest BCUT2D eigenvalue weighted by atomic mass is 9.96. The highest BCUT2D eigenvalue weighted by molar-refractivity contribution is 7.92. The van der Waals surface area contributed by atoms with Crippen molar-refractivity contribution >= 4 is 16.1 Å². The lowest BCUT2D eigenvalue weighted by molar-refractivity contribution is 0.574. The first-order chi connectivity index (χ1) is 11.4. The summed E-state index contributed by atoms with van der Waals surface area (Å²) >= 11 is 0. The molecule has 0 amide bonds. The molecule has 1 fully saturated rings. The molecule has 1 saturated carbocycles. The van der Waals surface area contributed by atoms with Crippen LogP contribution in [0.3, 0.4) is 0 Å². The number of hydrogen-bond donors (Lipinski definition) is 1. The molecule has 0 aliphatic heterocycles. The Balaban J connectivity index is 1.64. The summed E-state index contributed by atoms with van der Waals surface area (Å²) in [6.07, 6.45) is 3.39. The van der Waals surface area contributed by atoms with Gasteiger partial charge in [-0.15, -0.1) is 0 Å². The molecule has 1 aliphatic carbocycles. The molecule has 3 rings (SSSR count). The van der Waals surface area contributed by atoms with Gasteiger partial charge < -0.3 is 0 Å². The summed E-state index contributed by atoms with van der Waals surface area (Å²) in [5.74, 6) is -0.281. The highest BCUT2D eigenvalue weighted by Crippen LogP contribution is 2.47. The number of nitrogens with one attached hydrogen (secondary N) is 1. The van der Waals surface area contributed by atoms with Gasteiger partial charge in [-0.3, -0.25) is 0 Å². The van der Waals surface area contributed by atoms with Gasteiger partial charge in [0.05, 0.1) is 0 Å². The Morgan fingerprint density at radius 1 is 1.08 bits per heavy atom. The second-order valence-corrected chi connectivity index (χ2v) is 8.02. The van der Waals surface area contributed by atoms with Crippen molar-refractivity contribution in [2.75, 3.05) is 6.54 Å². The van der Waals surface area contributed by atoms with Crippen LogP contribution in [0, 0.1) is 12.7 Å². The van der Waals surface area contributed by atoms with Crippen molar-refractivity contribution in [2.24, 2.45) is 0 Å². The zero-order chi connectivity index (χ0) is 17.2. The first-order valence-corrected chi connectivity index (χ1v) is 9.44. The fraction of sp³-hybridized carbons (Fsp3) is 0.263. The van der Waals surface area contributed by atoms with Crippen LogP contribution in [0.4, 0.5) is 4.39 Å². The zero-order valence-electron chi connectivity index (χ0n) is 13.5. The van der Waals surface area contributed by atoms with E-state index in [1.807, 2.05) is 31.2 Å². The van der Waals surface area contributed by atoms with Crippen LogP contribution in [0.1, 0.15) is 29.5 Å². The summed E-state index contributed by atoms with van der Waals surface area (Å²) in [6, 6.07) is 13.9. The molecule has 2 aromatic carbocycles. The largest absolute Gasteiger partial charge is 0.233 e. The molecule has 0 heterocycles. The molecule has 3 nitrogen and oxygen atoms in total. The van der Waals surface area contributed by atoms with E-state index in [9.17, 15) is 12.8 Å². The summed E-state index contributed by atoms with van der Waals surface area (Å²) < 4.78 is 40.0. The van der Waals surface area contributed by atoms with Crippen molar-refractivity contribution in [3.63, 3.8) is 0 Å². The molecule has 126 valence electrons. The monoisotopic (exact) mass is 345 g/mol. The first kappa shape index (κ1) is 16.9. The molecule has 1 N–H and O–H groups in total. The molecule has 0 bridgehead atoms. The maximum atomic E-state index is 13.0. The summed E-state index contributed by atoms with van der Waals surface area (Å²) in [5.41, 5.74) is 2.75. The molecule has 1 aliphatic rings. The lowest BCUT2D eigenvalue weighted by Crippen LogP contribution is -2.30. The molecule has 0 saturated heterocycles. The quantitative estimate of drug-likeness (QED) is 0.866. The Labute approximate surface area is 142 Å². The minimum atomic E-state index is -3.50. The SMILES string of the molecule is Cc1ccc(C=CS(=O)(=O)NCC2(c3ccc(F)cc3)CC2)cc1. The Morgan fingerprint density at radius 3 is 2.29 bits per heavy atom. The van der Waals surface area contributed by atoms with E-state index < -0.39 is 10.0 Å². The molecule has 5 heteroatoms. The number of halogens is 1. The summed E-state index contributed by atoms with van der Waals surface area (Å²) in [4.78, 5) is 0. The third-order valence-electron chi connectivity index (χ3n) is 4.44. The third-order valence-corrected chi connectivity index (χ3v) is 5.48. The Morgan fingerprint density at radius 2 is 1.71 bits per heavy atom. The lowest BCUT2D eigenvalue weighted by Gasteiger charge is -2.15. The second kappa shape index (κ2) is 6.49. The van der Waals surface area contributed by atoms with Crippen LogP contribution in [0.5, 0.6) is 0 Å². The van der Waals surface area contributed by atoms with Crippen molar-refractivity contribution in [2.45, 2.75) is 25.2 Å². The minimum Gasteiger partial charge on any atom is -0.211 e. The Bertz CT molecular complexity index is 836. The maximum Gasteiger partial charge on any atom is 0.233 e. The van der Waals surface area contributed by atoms with Crippen molar-refractivity contribution in [3.8, 4) is 0 Å². The zero-order valence-corrected chi connectivity index (χ0v) is 14.3. The van der Waals surface area contributed by atoms with E-state index in [2.05, 4.69) is 4.72 Å². The van der Waals surface area contributed by atoms with Crippen LogP contribution >= 0.6 is 0 Å². The summed E-state index contributed by atoms with van der Waals surface area (Å²) in [7, 11) is -3.50. The molecule has 0 aromatic heterocycles. The fourth-order valence-corrected chi connectivity index (χ4v) is 3.56. The van der Waals surface area contributed by atoms with E-state index in [1.54, 1.807) is 18.2 Å².